The molecule has 1 aromatic rings. The second-order valence-electron chi connectivity index (χ2n) is 6.55. The molecule has 1 N–H and O–H groups in total. The minimum Gasteiger partial charge on any atom is -0.467 e. The van der Waals surface area contributed by atoms with E-state index in [4.69, 9.17) is 4.74 Å². The van der Waals surface area contributed by atoms with Gasteiger partial charge < -0.3 is 15.0 Å². The normalized spacial score (nSPS) is 19.0. The molecule has 0 spiro atoms. The number of aromatic nitrogens is 2. The van der Waals surface area contributed by atoms with Crippen molar-refractivity contribution in [3.05, 3.63) is 18.5 Å². The molecule has 1 amide bonds. The third-order valence-electron chi connectivity index (χ3n) is 4.14. The van der Waals surface area contributed by atoms with Gasteiger partial charge in [0, 0.05) is 25.5 Å². The number of ether oxygens (including phenoxy) is 1. The molecule has 1 aliphatic heterocycles. The summed E-state index contributed by atoms with van der Waals surface area (Å²) >= 11 is 0. The zero-order valence-corrected chi connectivity index (χ0v) is 14.6. The fraction of sp³-hybridized carbons (Fsp3) is 0.647. The number of hydrogen-bond donors (Lipinski definition) is 1. The Labute approximate surface area is 142 Å². The summed E-state index contributed by atoms with van der Waals surface area (Å²) in [7, 11) is 1.34. The average Bonchev–Trinajstić information content (AvgIpc) is 2.61. The molecule has 7 heteroatoms. The number of esters is 1. The number of nitrogens with one attached hydrogen (secondary N) is 1. The maximum absolute atomic E-state index is 12.6. The fourth-order valence-corrected chi connectivity index (χ4v) is 2.94. The quantitative estimate of drug-likeness (QED) is 0.792. The second-order valence-corrected chi connectivity index (χ2v) is 6.55. The van der Waals surface area contributed by atoms with Crippen LogP contribution in [0.5, 0.6) is 0 Å². The Bertz CT molecular complexity index is 550. The predicted octanol–water partition coefficient (Wildman–Crippen LogP) is 1.40. The minimum absolute atomic E-state index is 0.105. The maximum atomic E-state index is 12.6. The van der Waals surface area contributed by atoms with Crippen molar-refractivity contribution >= 4 is 17.8 Å². The summed E-state index contributed by atoms with van der Waals surface area (Å²) in [5, 5.41) is 2.86. The average molecular weight is 334 g/mol. The van der Waals surface area contributed by atoms with Gasteiger partial charge in [-0.3, -0.25) is 4.79 Å². The van der Waals surface area contributed by atoms with Crippen LogP contribution in [0.4, 0.5) is 5.95 Å². The molecular formula is C17H26N4O3. The lowest BCUT2D eigenvalue weighted by Crippen LogP contribution is -2.49. The van der Waals surface area contributed by atoms with Gasteiger partial charge in [-0.15, -0.1) is 0 Å². The van der Waals surface area contributed by atoms with Crippen molar-refractivity contribution in [1.29, 1.82) is 0 Å². The van der Waals surface area contributed by atoms with Crippen LogP contribution in [-0.2, 0) is 14.3 Å². The largest absolute Gasteiger partial charge is 0.467 e. The molecule has 1 aliphatic rings. The van der Waals surface area contributed by atoms with Gasteiger partial charge in [0.05, 0.1) is 13.0 Å². The van der Waals surface area contributed by atoms with E-state index in [2.05, 4.69) is 15.3 Å². The number of amides is 1. The van der Waals surface area contributed by atoms with Gasteiger partial charge in [0.15, 0.2) is 0 Å². The number of carbonyl (C=O) groups excluding carboxylic acids is 2. The number of piperidine rings is 1. The first kappa shape index (κ1) is 18.2. The van der Waals surface area contributed by atoms with Gasteiger partial charge in [-0.05, 0) is 31.2 Å². The van der Waals surface area contributed by atoms with Crippen molar-refractivity contribution in [2.45, 2.75) is 39.2 Å². The van der Waals surface area contributed by atoms with Crippen molar-refractivity contribution < 1.29 is 14.3 Å². The smallest absolute Gasteiger partial charge is 0.328 e. The molecule has 2 unspecified atom stereocenters. The zero-order chi connectivity index (χ0) is 17.5. The Hall–Kier alpha value is -2.18. The molecule has 1 fully saturated rings. The van der Waals surface area contributed by atoms with Gasteiger partial charge in [-0.2, -0.15) is 0 Å². The van der Waals surface area contributed by atoms with Crippen LogP contribution in [0, 0.1) is 11.8 Å². The van der Waals surface area contributed by atoms with Crippen LogP contribution >= 0.6 is 0 Å². The van der Waals surface area contributed by atoms with Crippen molar-refractivity contribution in [3.8, 4) is 0 Å². The van der Waals surface area contributed by atoms with Crippen LogP contribution in [0.2, 0.25) is 0 Å². The maximum Gasteiger partial charge on any atom is 0.328 e. The summed E-state index contributed by atoms with van der Waals surface area (Å²) in [5.41, 5.74) is 0. The van der Waals surface area contributed by atoms with Crippen LogP contribution in [-0.4, -0.2) is 48.1 Å². The fourth-order valence-electron chi connectivity index (χ4n) is 2.94. The Morgan fingerprint density at radius 2 is 2.08 bits per heavy atom. The van der Waals surface area contributed by atoms with Crippen molar-refractivity contribution in [1.82, 2.24) is 15.3 Å². The van der Waals surface area contributed by atoms with Gasteiger partial charge in [0.1, 0.15) is 6.04 Å². The van der Waals surface area contributed by atoms with Crippen LogP contribution in [0.1, 0.15) is 33.1 Å². The van der Waals surface area contributed by atoms with Crippen molar-refractivity contribution in [2.75, 3.05) is 25.1 Å². The zero-order valence-electron chi connectivity index (χ0n) is 14.6. The van der Waals surface area contributed by atoms with Gasteiger partial charge in [-0.1, -0.05) is 13.8 Å². The van der Waals surface area contributed by atoms with Gasteiger partial charge in [0.25, 0.3) is 0 Å². The van der Waals surface area contributed by atoms with Crippen LogP contribution in [0.15, 0.2) is 18.5 Å². The minimum atomic E-state index is -0.592. The first-order valence-electron chi connectivity index (χ1n) is 8.41. The molecule has 1 aromatic heterocycles. The summed E-state index contributed by atoms with van der Waals surface area (Å²) in [6.07, 6.45) is 5.65. The second kappa shape index (κ2) is 8.61. The Kier molecular flexibility index (Phi) is 6.52. The molecule has 2 rings (SSSR count). The van der Waals surface area contributed by atoms with E-state index in [1.807, 2.05) is 18.7 Å². The Morgan fingerprint density at radius 1 is 1.38 bits per heavy atom. The van der Waals surface area contributed by atoms with E-state index >= 15 is 0 Å². The number of rotatable bonds is 6. The monoisotopic (exact) mass is 334 g/mol. The highest BCUT2D eigenvalue weighted by atomic mass is 16.5. The predicted molar refractivity (Wildman–Crippen MR) is 90.4 cm³/mol. The van der Waals surface area contributed by atoms with E-state index < -0.39 is 12.0 Å². The molecule has 24 heavy (non-hydrogen) atoms. The molecule has 2 atom stereocenters. The molecule has 7 nitrogen and oxygen atoms in total. The van der Waals surface area contributed by atoms with Gasteiger partial charge in [-0.25, -0.2) is 14.8 Å². The summed E-state index contributed by atoms with van der Waals surface area (Å²) in [5.74, 6) is 0.251. The molecular weight excluding hydrogens is 308 g/mol. The van der Waals surface area contributed by atoms with Crippen molar-refractivity contribution in [3.63, 3.8) is 0 Å². The van der Waals surface area contributed by atoms with Crippen LogP contribution in [0.25, 0.3) is 0 Å². The highest BCUT2D eigenvalue weighted by molar-refractivity contribution is 5.86. The van der Waals surface area contributed by atoms with Crippen molar-refractivity contribution in [2.24, 2.45) is 11.8 Å². The third-order valence-corrected chi connectivity index (χ3v) is 4.14. The molecule has 132 valence electrons. The summed E-state index contributed by atoms with van der Waals surface area (Å²) in [4.78, 5) is 35.0. The topological polar surface area (TPSA) is 84.4 Å². The highest BCUT2D eigenvalue weighted by Gasteiger charge is 2.30. The first-order valence-corrected chi connectivity index (χ1v) is 8.41. The Balaban J connectivity index is 1.98. The number of methoxy groups -OCH3 is 1. The van der Waals surface area contributed by atoms with E-state index in [9.17, 15) is 9.59 Å². The summed E-state index contributed by atoms with van der Waals surface area (Å²) < 4.78 is 4.81. The molecule has 1 saturated heterocycles. The lowest BCUT2D eigenvalue weighted by molar-refractivity contribution is -0.146. The summed E-state index contributed by atoms with van der Waals surface area (Å²) in [6.45, 7) is 5.42. The van der Waals surface area contributed by atoms with Gasteiger partial charge >= 0.3 is 5.97 Å². The molecule has 2 heterocycles. The molecule has 0 saturated carbocycles. The van der Waals surface area contributed by atoms with E-state index in [1.54, 1.807) is 18.5 Å². The number of nitrogens with zero attached hydrogens (tertiary/aromatic N) is 3. The SMILES string of the molecule is COC(=O)C(CC(C)C)NC(=O)C1CCCN(c2ncccn2)C1. The van der Waals surface area contributed by atoms with E-state index in [0.717, 1.165) is 19.4 Å². The number of hydrogen-bond acceptors (Lipinski definition) is 6. The Morgan fingerprint density at radius 3 is 2.71 bits per heavy atom. The first-order chi connectivity index (χ1) is 11.5. The van der Waals surface area contributed by atoms with Gasteiger partial charge in [0.2, 0.25) is 11.9 Å². The molecule has 0 bridgehead atoms. The molecule has 0 aromatic carbocycles. The number of carbonyl (C=O) groups is 2. The number of anilines is 1. The summed E-state index contributed by atoms with van der Waals surface area (Å²) in [6, 6.07) is 1.18. The standard InChI is InChI=1S/C17H26N4O3/c1-12(2)10-14(16(23)24-3)20-15(22)13-6-4-9-21(11-13)17-18-7-5-8-19-17/h5,7-8,12-14H,4,6,9-11H2,1-3H3,(H,20,22). The highest BCUT2D eigenvalue weighted by Crippen LogP contribution is 2.20. The lowest BCUT2D eigenvalue weighted by Gasteiger charge is -2.32. The van der Waals surface area contributed by atoms with E-state index in [-0.39, 0.29) is 17.7 Å². The molecule has 0 radical (unpaired) electrons. The molecule has 0 aliphatic carbocycles. The van der Waals surface area contributed by atoms with Crippen LogP contribution in [0.3, 0.4) is 0 Å². The van der Waals surface area contributed by atoms with E-state index in [0.29, 0.717) is 18.9 Å². The third kappa shape index (κ3) is 4.91. The van der Waals surface area contributed by atoms with Crippen LogP contribution < -0.4 is 10.2 Å². The lowest BCUT2D eigenvalue weighted by atomic mass is 9.96. The van der Waals surface area contributed by atoms with E-state index in [1.165, 1.54) is 7.11 Å².